The van der Waals surface area contributed by atoms with Crippen molar-refractivity contribution in [3.63, 3.8) is 0 Å². The number of carbonyl (C=O) groups excluding carboxylic acids is 1. The Kier molecular flexibility index (Phi) is 4.56. The van der Waals surface area contributed by atoms with Gasteiger partial charge in [-0.15, -0.1) is 0 Å². The van der Waals surface area contributed by atoms with E-state index in [0.29, 0.717) is 5.92 Å². The highest BCUT2D eigenvalue weighted by atomic mass is 32.2. The number of aromatic amines is 1. The van der Waals surface area contributed by atoms with Crippen molar-refractivity contribution in [2.45, 2.75) is 24.7 Å². The van der Waals surface area contributed by atoms with Crippen molar-refractivity contribution in [2.24, 2.45) is 0 Å². The summed E-state index contributed by atoms with van der Waals surface area (Å²) in [4.78, 5) is 14.1. The topological polar surface area (TPSA) is 88.3 Å². The number of hydrogen-bond acceptors (Lipinski definition) is 4. The van der Waals surface area contributed by atoms with E-state index in [2.05, 4.69) is 14.4 Å². The van der Waals surface area contributed by atoms with E-state index in [1.54, 1.807) is 24.3 Å². The summed E-state index contributed by atoms with van der Waals surface area (Å²) in [5.41, 5.74) is 1.24. The highest BCUT2D eigenvalue weighted by Crippen LogP contribution is 2.19. The number of ether oxygens (including phenoxy) is 1. The first kappa shape index (κ1) is 16.1. The van der Waals surface area contributed by atoms with Crippen LogP contribution < -0.4 is 4.72 Å². The summed E-state index contributed by atoms with van der Waals surface area (Å²) >= 11 is 0. The lowest BCUT2D eigenvalue weighted by atomic mass is 10.0. The maximum absolute atomic E-state index is 12.3. The number of nitrogens with one attached hydrogen (secondary N) is 2. The molecule has 1 heterocycles. The van der Waals surface area contributed by atoms with Crippen LogP contribution in [0.1, 0.15) is 35.8 Å². The van der Waals surface area contributed by atoms with Crippen molar-refractivity contribution >= 4 is 21.8 Å². The molecule has 0 saturated heterocycles. The van der Waals surface area contributed by atoms with Gasteiger partial charge in [-0.05, 0) is 35.7 Å². The summed E-state index contributed by atoms with van der Waals surface area (Å²) < 4.78 is 31.5. The van der Waals surface area contributed by atoms with Crippen LogP contribution in [0.25, 0.3) is 0 Å². The van der Waals surface area contributed by atoms with Gasteiger partial charge in [-0.2, -0.15) is 0 Å². The Hall–Kier alpha value is -2.28. The zero-order valence-electron chi connectivity index (χ0n) is 12.6. The zero-order valence-corrected chi connectivity index (χ0v) is 13.4. The minimum atomic E-state index is -3.71. The fourth-order valence-corrected chi connectivity index (χ4v) is 2.94. The Morgan fingerprint density at radius 3 is 2.32 bits per heavy atom. The normalized spacial score (nSPS) is 11.5. The third-order valence-corrected chi connectivity index (χ3v) is 4.57. The maximum atomic E-state index is 12.3. The first-order chi connectivity index (χ1) is 10.3. The van der Waals surface area contributed by atoms with Crippen LogP contribution in [0.2, 0.25) is 0 Å². The molecule has 6 nitrogen and oxygen atoms in total. The molecular formula is C15H18N2O4S. The van der Waals surface area contributed by atoms with Gasteiger partial charge in [-0.3, -0.25) is 4.72 Å². The number of methoxy groups -OCH3 is 1. The van der Waals surface area contributed by atoms with Crippen LogP contribution in [0.4, 0.5) is 5.82 Å². The molecule has 0 unspecified atom stereocenters. The number of anilines is 1. The summed E-state index contributed by atoms with van der Waals surface area (Å²) in [6.07, 6.45) is 0. The molecule has 2 N–H and O–H groups in total. The SMILES string of the molecule is COC(=O)c1ccc(NS(=O)(=O)c2ccc(C(C)C)cc2)[nH]1. The van der Waals surface area contributed by atoms with E-state index < -0.39 is 16.0 Å². The fraction of sp³-hybridized carbons (Fsp3) is 0.267. The molecule has 0 bridgehead atoms. The molecule has 0 aliphatic heterocycles. The molecule has 22 heavy (non-hydrogen) atoms. The first-order valence-corrected chi connectivity index (χ1v) is 8.22. The first-order valence-electron chi connectivity index (χ1n) is 6.73. The van der Waals surface area contributed by atoms with E-state index >= 15 is 0 Å². The van der Waals surface area contributed by atoms with E-state index in [4.69, 9.17) is 0 Å². The van der Waals surface area contributed by atoms with Crippen LogP contribution in [0.3, 0.4) is 0 Å². The van der Waals surface area contributed by atoms with Gasteiger partial charge in [0.1, 0.15) is 11.5 Å². The van der Waals surface area contributed by atoms with E-state index in [9.17, 15) is 13.2 Å². The molecule has 7 heteroatoms. The molecule has 0 atom stereocenters. The molecule has 118 valence electrons. The van der Waals surface area contributed by atoms with Crippen LogP contribution in [-0.4, -0.2) is 26.5 Å². The van der Waals surface area contributed by atoms with Gasteiger partial charge in [-0.1, -0.05) is 26.0 Å². The van der Waals surface area contributed by atoms with Crippen molar-refractivity contribution in [1.29, 1.82) is 0 Å². The molecular weight excluding hydrogens is 304 g/mol. The third kappa shape index (κ3) is 3.48. The maximum Gasteiger partial charge on any atom is 0.354 e. The molecule has 0 amide bonds. The van der Waals surface area contributed by atoms with Gasteiger partial charge in [0.25, 0.3) is 10.0 Å². The number of H-pyrrole nitrogens is 1. The van der Waals surface area contributed by atoms with Crippen molar-refractivity contribution in [2.75, 3.05) is 11.8 Å². The Labute approximate surface area is 129 Å². The highest BCUT2D eigenvalue weighted by molar-refractivity contribution is 7.92. The molecule has 1 aromatic heterocycles. The van der Waals surface area contributed by atoms with Crippen LogP contribution in [0.15, 0.2) is 41.3 Å². The summed E-state index contributed by atoms with van der Waals surface area (Å²) in [5.74, 6) is -0.0317. The Bertz CT molecular complexity index is 761. The number of benzene rings is 1. The smallest absolute Gasteiger partial charge is 0.354 e. The van der Waals surface area contributed by atoms with Gasteiger partial charge in [0.15, 0.2) is 0 Å². The number of sulfonamides is 1. The van der Waals surface area contributed by atoms with Gasteiger partial charge >= 0.3 is 5.97 Å². The molecule has 1 aromatic carbocycles. The number of carbonyl (C=O) groups is 1. The number of aromatic nitrogens is 1. The molecule has 0 fully saturated rings. The molecule has 0 aliphatic rings. The Balaban J connectivity index is 2.20. The van der Waals surface area contributed by atoms with Crippen molar-refractivity contribution < 1.29 is 17.9 Å². The summed E-state index contributed by atoms with van der Waals surface area (Å²) in [5, 5.41) is 0. The third-order valence-electron chi connectivity index (χ3n) is 3.19. The lowest BCUT2D eigenvalue weighted by Gasteiger charge is -2.09. The summed E-state index contributed by atoms with van der Waals surface area (Å²) in [6.45, 7) is 4.07. The van der Waals surface area contributed by atoms with Gasteiger partial charge in [0.05, 0.1) is 12.0 Å². The van der Waals surface area contributed by atoms with E-state index in [1.165, 1.54) is 19.2 Å². The number of rotatable bonds is 5. The van der Waals surface area contributed by atoms with Gasteiger partial charge in [0, 0.05) is 0 Å². The fourth-order valence-electron chi connectivity index (χ4n) is 1.92. The summed E-state index contributed by atoms with van der Waals surface area (Å²) in [7, 11) is -2.45. The van der Waals surface area contributed by atoms with Crippen molar-refractivity contribution in [3.8, 4) is 0 Å². The van der Waals surface area contributed by atoms with Crippen LogP contribution in [0, 0.1) is 0 Å². The molecule has 0 aliphatic carbocycles. The monoisotopic (exact) mass is 322 g/mol. The summed E-state index contributed by atoms with van der Waals surface area (Å²) in [6, 6.07) is 9.60. The highest BCUT2D eigenvalue weighted by Gasteiger charge is 2.16. The minimum absolute atomic E-state index is 0.158. The van der Waals surface area contributed by atoms with Gasteiger partial charge in [-0.25, -0.2) is 13.2 Å². The quantitative estimate of drug-likeness (QED) is 0.828. The van der Waals surface area contributed by atoms with E-state index in [-0.39, 0.29) is 16.4 Å². The van der Waals surface area contributed by atoms with Crippen LogP contribution >= 0.6 is 0 Å². The number of esters is 1. The lowest BCUT2D eigenvalue weighted by Crippen LogP contribution is -2.13. The van der Waals surface area contributed by atoms with Crippen LogP contribution in [0.5, 0.6) is 0 Å². The predicted molar refractivity (Wildman–Crippen MR) is 83.5 cm³/mol. The second-order valence-electron chi connectivity index (χ2n) is 5.11. The zero-order chi connectivity index (χ0) is 16.3. The molecule has 0 radical (unpaired) electrons. The van der Waals surface area contributed by atoms with Gasteiger partial charge in [0.2, 0.25) is 0 Å². The largest absolute Gasteiger partial charge is 0.464 e. The van der Waals surface area contributed by atoms with Gasteiger partial charge < -0.3 is 9.72 Å². The second-order valence-corrected chi connectivity index (χ2v) is 6.79. The number of hydrogen-bond donors (Lipinski definition) is 2. The molecule has 2 aromatic rings. The van der Waals surface area contributed by atoms with E-state index in [1.807, 2.05) is 13.8 Å². The van der Waals surface area contributed by atoms with Crippen molar-refractivity contribution in [3.05, 3.63) is 47.7 Å². The second kappa shape index (κ2) is 6.23. The standard InChI is InChI=1S/C15H18N2O4S/c1-10(2)11-4-6-12(7-5-11)22(19,20)17-14-9-8-13(16-14)15(18)21-3/h4-10,16-17H,1-3H3. The Morgan fingerprint density at radius 1 is 1.14 bits per heavy atom. The lowest BCUT2D eigenvalue weighted by molar-refractivity contribution is 0.0595. The molecule has 0 saturated carbocycles. The van der Waals surface area contributed by atoms with E-state index in [0.717, 1.165) is 5.56 Å². The molecule has 2 rings (SSSR count). The minimum Gasteiger partial charge on any atom is -0.464 e. The average Bonchev–Trinajstić information content (AvgIpc) is 2.94. The van der Waals surface area contributed by atoms with Crippen molar-refractivity contribution in [1.82, 2.24) is 4.98 Å². The molecule has 0 spiro atoms. The average molecular weight is 322 g/mol. The Morgan fingerprint density at radius 2 is 1.77 bits per heavy atom. The van der Waals surface area contributed by atoms with Crippen LogP contribution in [-0.2, 0) is 14.8 Å². The predicted octanol–water partition coefficient (Wildman–Crippen LogP) is 2.73.